The summed E-state index contributed by atoms with van der Waals surface area (Å²) >= 11 is 6.59. The van der Waals surface area contributed by atoms with Gasteiger partial charge in [0.25, 0.3) is 0 Å². The normalized spacial score (nSPS) is 12.2. The topological polar surface area (TPSA) is 72.5 Å². The number of halogens is 2. The predicted molar refractivity (Wildman–Crippen MR) is 62.9 cm³/mol. The van der Waals surface area contributed by atoms with Crippen molar-refractivity contribution in [2.45, 2.75) is 6.04 Å². The molecule has 1 aromatic carbocycles. The number of carboxylic acid groups (broad SMARTS) is 1. The fourth-order valence-electron chi connectivity index (χ4n) is 0.843. The van der Waals surface area contributed by atoms with Gasteiger partial charge < -0.3 is 15.6 Å². The molecule has 0 spiro atoms. The second kappa shape index (κ2) is 5.48. The number of benzene rings is 1. The van der Waals surface area contributed by atoms with Gasteiger partial charge in [0.15, 0.2) is 0 Å². The molecule has 1 aromatic rings. The number of hydrogen-bond acceptors (Lipinski definition) is 3. The third kappa shape index (κ3) is 3.81. The van der Waals surface area contributed by atoms with Crippen LogP contribution in [0, 0.1) is 0 Å². The average molecular weight is 339 g/mol. The van der Waals surface area contributed by atoms with Gasteiger partial charge in [0.05, 0.1) is 4.47 Å². The molecule has 0 aromatic heterocycles. The van der Waals surface area contributed by atoms with Crippen LogP contribution >= 0.6 is 31.9 Å². The molecule has 0 radical (unpaired) electrons. The summed E-state index contributed by atoms with van der Waals surface area (Å²) in [4.78, 5) is 10.4. The maximum atomic E-state index is 10.4. The molecule has 0 aliphatic carbocycles. The van der Waals surface area contributed by atoms with E-state index < -0.39 is 12.0 Å². The lowest BCUT2D eigenvalue weighted by Gasteiger charge is -2.10. The minimum Gasteiger partial charge on any atom is -0.490 e. The smallest absolute Gasteiger partial charge is 0.324 e. The van der Waals surface area contributed by atoms with Gasteiger partial charge >= 0.3 is 5.97 Å². The fourth-order valence-corrected chi connectivity index (χ4v) is 2.00. The average Bonchev–Trinajstić information content (AvgIpc) is 2.15. The van der Waals surface area contributed by atoms with Crippen molar-refractivity contribution >= 4 is 37.8 Å². The molecule has 0 aliphatic rings. The summed E-state index contributed by atoms with van der Waals surface area (Å²) in [6, 6.07) is 4.32. The quantitative estimate of drug-likeness (QED) is 0.880. The second-order valence-corrected chi connectivity index (χ2v) is 4.60. The van der Waals surface area contributed by atoms with Gasteiger partial charge in [-0.3, -0.25) is 4.79 Å². The van der Waals surface area contributed by atoms with Gasteiger partial charge in [-0.15, -0.1) is 0 Å². The van der Waals surface area contributed by atoms with E-state index in [2.05, 4.69) is 31.9 Å². The summed E-state index contributed by atoms with van der Waals surface area (Å²) in [6.07, 6.45) is 0. The molecule has 1 atom stereocenters. The van der Waals surface area contributed by atoms with E-state index in [-0.39, 0.29) is 6.61 Å². The summed E-state index contributed by atoms with van der Waals surface area (Å²) in [5.74, 6) is -0.516. The standard InChI is InChI=1S/C9H9Br2NO3/c10-5-1-2-8(6(11)3-5)15-4-7(12)9(13)14/h1-3,7H,4,12H2,(H,13,14)/t7-/m0/s1. The minimum atomic E-state index is -1.08. The maximum Gasteiger partial charge on any atom is 0.324 e. The van der Waals surface area contributed by atoms with Crippen LogP contribution in [-0.2, 0) is 4.79 Å². The highest BCUT2D eigenvalue weighted by Crippen LogP contribution is 2.28. The summed E-state index contributed by atoms with van der Waals surface area (Å²) in [7, 11) is 0. The Bertz CT molecular complexity index is 370. The summed E-state index contributed by atoms with van der Waals surface area (Å²) in [6.45, 7) is -0.0600. The second-order valence-electron chi connectivity index (χ2n) is 2.83. The number of hydrogen-bond donors (Lipinski definition) is 2. The number of carboxylic acids is 1. The highest BCUT2D eigenvalue weighted by molar-refractivity contribution is 9.11. The van der Waals surface area contributed by atoms with E-state index in [1.165, 1.54) is 0 Å². The van der Waals surface area contributed by atoms with Crippen molar-refractivity contribution in [3.63, 3.8) is 0 Å². The van der Waals surface area contributed by atoms with Gasteiger partial charge in [0.1, 0.15) is 18.4 Å². The van der Waals surface area contributed by atoms with Crippen LogP contribution in [0.1, 0.15) is 0 Å². The van der Waals surface area contributed by atoms with Crippen molar-refractivity contribution in [2.24, 2.45) is 5.73 Å². The van der Waals surface area contributed by atoms with Crippen LogP contribution in [0.25, 0.3) is 0 Å². The Kier molecular flexibility index (Phi) is 4.56. The van der Waals surface area contributed by atoms with E-state index in [0.29, 0.717) is 5.75 Å². The van der Waals surface area contributed by atoms with Crippen molar-refractivity contribution < 1.29 is 14.6 Å². The maximum absolute atomic E-state index is 10.4. The van der Waals surface area contributed by atoms with Gasteiger partial charge in [-0.05, 0) is 34.1 Å². The van der Waals surface area contributed by atoms with Crippen molar-refractivity contribution in [3.8, 4) is 5.75 Å². The summed E-state index contributed by atoms with van der Waals surface area (Å²) in [5.41, 5.74) is 5.30. The van der Waals surface area contributed by atoms with Crippen molar-refractivity contribution in [3.05, 3.63) is 27.1 Å². The van der Waals surface area contributed by atoms with E-state index in [9.17, 15) is 4.79 Å². The molecule has 0 amide bonds. The molecule has 0 saturated heterocycles. The highest BCUT2D eigenvalue weighted by Gasteiger charge is 2.12. The first-order valence-corrected chi connectivity index (χ1v) is 5.65. The molecule has 0 unspecified atom stereocenters. The SMILES string of the molecule is N[C@@H](COc1ccc(Br)cc1Br)C(=O)O. The molecule has 0 bridgehead atoms. The van der Waals surface area contributed by atoms with E-state index in [1.54, 1.807) is 12.1 Å². The molecule has 0 saturated carbocycles. The lowest BCUT2D eigenvalue weighted by atomic mass is 10.3. The van der Waals surface area contributed by atoms with Crippen LogP contribution in [0.4, 0.5) is 0 Å². The number of nitrogens with two attached hydrogens (primary N) is 1. The van der Waals surface area contributed by atoms with Crippen LogP contribution in [0.15, 0.2) is 27.1 Å². The van der Waals surface area contributed by atoms with E-state index in [4.69, 9.17) is 15.6 Å². The summed E-state index contributed by atoms with van der Waals surface area (Å²) < 4.78 is 6.89. The third-order valence-electron chi connectivity index (χ3n) is 1.63. The predicted octanol–water partition coefficient (Wildman–Crippen LogP) is 2.00. The zero-order valence-electron chi connectivity index (χ0n) is 7.61. The van der Waals surface area contributed by atoms with Crippen molar-refractivity contribution in [1.82, 2.24) is 0 Å². The van der Waals surface area contributed by atoms with Crippen LogP contribution in [-0.4, -0.2) is 23.7 Å². The lowest BCUT2D eigenvalue weighted by molar-refractivity contribution is -0.139. The first kappa shape index (κ1) is 12.5. The molecule has 0 aliphatic heterocycles. The Hall–Kier alpha value is -0.590. The van der Waals surface area contributed by atoms with Crippen LogP contribution in [0.3, 0.4) is 0 Å². The van der Waals surface area contributed by atoms with Gasteiger partial charge in [0, 0.05) is 4.47 Å². The Morgan fingerprint density at radius 2 is 2.20 bits per heavy atom. The van der Waals surface area contributed by atoms with Gasteiger partial charge in [-0.2, -0.15) is 0 Å². The Morgan fingerprint density at radius 3 is 2.73 bits per heavy atom. The molecule has 0 heterocycles. The van der Waals surface area contributed by atoms with Gasteiger partial charge in [-0.1, -0.05) is 15.9 Å². The Labute approximate surface area is 104 Å². The molecular weight excluding hydrogens is 330 g/mol. The monoisotopic (exact) mass is 337 g/mol. The summed E-state index contributed by atoms with van der Waals surface area (Å²) in [5, 5.41) is 8.55. The van der Waals surface area contributed by atoms with Gasteiger partial charge in [0.2, 0.25) is 0 Å². The highest BCUT2D eigenvalue weighted by atomic mass is 79.9. The van der Waals surface area contributed by atoms with E-state index >= 15 is 0 Å². The lowest BCUT2D eigenvalue weighted by Crippen LogP contribution is -2.36. The number of rotatable bonds is 4. The molecule has 4 nitrogen and oxygen atoms in total. The molecule has 6 heteroatoms. The van der Waals surface area contributed by atoms with E-state index in [1.807, 2.05) is 6.07 Å². The molecular formula is C9H9Br2NO3. The Morgan fingerprint density at radius 1 is 1.53 bits per heavy atom. The van der Waals surface area contributed by atoms with Crippen molar-refractivity contribution in [1.29, 1.82) is 0 Å². The van der Waals surface area contributed by atoms with Crippen molar-refractivity contribution in [2.75, 3.05) is 6.61 Å². The number of aliphatic carboxylic acids is 1. The zero-order chi connectivity index (χ0) is 11.4. The first-order valence-electron chi connectivity index (χ1n) is 4.07. The number of ether oxygens (including phenoxy) is 1. The third-order valence-corrected chi connectivity index (χ3v) is 2.74. The molecule has 82 valence electrons. The molecule has 15 heavy (non-hydrogen) atoms. The first-order chi connectivity index (χ1) is 7.00. The zero-order valence-corrected chi connectivity index (χ0v) is 10.8. The van der Waals surface area contributed by atoms with Crippen LogP contribution in [0.5, 0.6) is 5.75 Å². The molecule has 3 N–H and O–H groups in total. The molecule has 0 fully saturated rings. The molecule has 1 rings (SSSR count). The largest absolute Gasteiger partial charge is 0.490 e. The number of carbonyl (C=O) groups is 1. The fraction of sp³-hybridized carbons (Fsp3) is 0.222. The minimum absolute atomic E-state index is 0.0600. The van der Waals surface area contributed by atoms with E-state index in [0.717, 1.165) is 8.95 Å². The Balaban J connectivity index is 2.62. The van der Waals surface area contributed by atoms with Gasteiger partial charge in [-0.25, -0.2) is 0 Å². The van der Waals surface area contributed by atoms with Crippen LogP contribution in [0.2, 0.25) is 0 Å². The van der Waals surface area contributed by atoms with Crippen LogP contribution < -0.4 is 10.5 Å².